The van der Waals surface area contributed by atoms with Crippen molar-refractivity contribution in [2.24, 2.45) is 0 Å². The number of aryl methyl sites for hydroxylation is 1. The van der Waals surface area contributed by atoms with Gasteiger partial charge in [0, 0.05) is 16.7 Å². The highest BCUT2D eigenvalue weighted by atomic mass is 32.2. The van der Waals surface area contributed by atoms with Crippen molar-refractivity contribution in [2.45, 2.75) is 29.8 Å². The number of carbonyl (C=O) groups excluding carboxylic acids is 1. The average Bonchev–Trinajstić information content (AvgIpc) is 2.69. The quantitative estimate of drug-likeness (QED) is 0.653. The highest BCUT2D eigenvalue weighted by Gasteiger charge is 2.18. The molecule has 1 heterocycles. The Balaban J connectivity index is 1.82. The third kappa shape index (κ3) is 4.68. The molecule has 0 aliphatic rings. The number of amides is 1. The minimum absolute atomic E-state index is 0.155. The van der Waals surface area contributed by atoms with Crippen LogP contribution >= 0.6 is 11.8 Å². The Hall–Kier alpha value is -2.79. The van der Waals surface area contributed by atoms with E-state index < -0.39 is 0 Å². The first-order valence-electron chi connectivity index (χ1n) is 8.72. The SMILES string of the molecule is COc1ccc(C)cc1C(C)NC(=O)c1cccnc1Sc1ccccc1. The molecule has 27 heavy (non-hydrogen) atoms. The minimum Gasteiger partial charge on any atom is -0.496 e. The van der Waals surface area contributed by atoms with Crippen LogP contribution in [0.4, 0.5) is 0 Å². The Kier molecular flexibility index (Phi) is 6.14. The molecular weight excluding hydrogens is 356 g/mol. The van der Waals surface area contributed by atoms with Crippen molar-refractivity contribution in [3.05, 3.63) is 83.6 Å². The van der Waals surface area contributed by atoms with Gasteiger partial charge in [-0.25, -0.2) is 4.98 Å². The van der Waals surface area contributed by atoms with Gasteiger partial charge >= 0.3 is 0 Å². The molecule has 1 aromatic heterocycles. The summed E-state index contributed by atoms with van der Waals surface area (Å²) in [5.74, 6) is 0.607. The number of pyridine rings is 1. The fourth-order valence-electron chi connectivity index (χ4n) is 2.79. The predicted octanol–water partition coefficient (Wildman–Crippen LogP) is 5.04. The molecule has 0 aliphatic carbocycles. The maximum atomic E-state index is 12.9. The molecule has 3 aromatic rings. The molecule has 0 saturated carbocycles. The number of aromatic nitrogens is 1. The second-order valence-corrected chi connectivity index (χ2v) is 7.27. The summed E-state index contributed by atoms with van der Waals surface area (Å²) >= 11 is 1.48. The Morgan fingerprint density at radius 1 is 1.11 bits per heavy atom. The maximum Gasteiger partial charge on any atom is 0.254 e. The number of benzene rings is 2. The summed E-state index contributed by atoms with van der Waals surface area (Å²) in [6, 6.07) is 19.2. The van der Waals surface area contributed by atoms with Crippen molar-refractivity contribution in [2.75, 3.05) is 7.11 Å². The smallest absolute Gasteiger partial charge is 0.254 e. The molecule has 1 atom stereocenters. The Bertz CT molecular complexity index is 929. The maximum absolute atomic E-state index is 12.9. The van der Waals surface area contributed by atoms with E-state index in [0.717, 1.165) is 21.8 Å². The van der Waals surface area contributed by atoms with Gasteiger partial charge in [-0.2, -0.15) is 0 Å². The van der Waals surface area contributed by atoms with Crippen LogP contribution in [0.2, 0.25) is 0 Å². The van der Waals surface area contributed by atoms with Crippen molar-refractivity contribution < 1.29 is 9.53 Å². The standard InChI is InChI=1S/C22H22N2O2S/c1-15-11-12-20(26-3)19(14-15)16(2)24-21(25)18-10-7-13-23-22(18)27-17-8-5-4-6-9-17/h4-14,16H,1-3H3,(H,24,25). The van der Waals surface area contributed by atoms with E-state index in [1.807, 2.05) is 62.4 Å². The van der Waals surface area contributed by atoms with Gasteiger partial charge < -0.3 is 10.1 Å². The molecule has 0 bridgehead atoms. The fourth-order valence-corrected chi connectivity index (χ4v) is 3.69. The molecule has 0 spiro atoms. The van der Waals surface area contributed by atoms with Gasteiger partial charge in [-0.3, -0.25) is 4.79 Å². The monoisotopic (exact) mass is 378 g/mol. The number of hydrogen-bond donors (Lipinski definition) is 1. The summed E-state index contributed by atoms with van der Waals surface area (Å²) in [6.07, 6.45) is 1.70. The molecule has 138 valence electrons. The number of nitrogens with one attached hydrogen (secondary N) is 1. The number of rotatable bonds is 6. The number of nitrogens with zero attached hydrogens (tertiary/aromatic N) is 1. The summed E-state index contributed by atoms with van der Waals surface area (Å²) in [7, 11) is 1.64. The summed E-state index contributed by atoms with van der Waals surface area (Å²) in [5.41, 5.74) is 2.63. The zero-order valence-corrected chi connectivity index (χ0v) is 16.4. The normalized spacial score (nSPS) is 11.7. The van der Waals surface area contributed by atoms with Gasteiger partial charge in [-0.05, 0) is 44.2 Å². The summed E-state index contributed by atoms with van der Waals surface area (Å²) in [4.78, 5) is 18.4. The van der Waals surface area contributed by atoms with Crippen LogP contribution in [0.3, 0.4) is 0 Å². The predicted molar refractivity (Wildman–Crippen MR) is 108 cm³/mol. The van der Waals surface area contributed by atoms with E-state index in [9.17, 15) is 4.79 Å². The van der Waals surface area contributed by atoms with Gasteiger partial charge in [-0.15, -0.1) is 0 Å². The van der Waals surface area contributed by atoms with E-state index in [0.29, 0.717) is 10.6 Å². The molecule has 4 nitrogen and oxygen atoms in total. The molecule has 3 rings (SSSR count). The van der Waals surface area contributed by atoms with Crippen LogP contribution in [0.25, 0.3) is 0 Å². The number of methoxy groups -OCH3 is 1. The first kappa shape index (κ1) is 19.0. The Labute approximate surface area is 164 Å². The van der Waals surface area contributed by atoms with E-state index in [4.69, 9.17) is 4.74 Å². The van der Waals surface area contributed by atoms with Gasteiger partial charge in [0.25, 0.3) is 5.91 Å². The second kappa shape index (κ2) is 8.73. The first-order valence-corrected chi connectivity index (χ1v) is 9.53. The lowest BCUT2D eigenvalue weighted by molar-refractivity contribution is 0.0936. The molecule has 0 aliphatic heterocycles. The molecule has 1 unspecified atom stereocenters. The molecule has 0 fully saturated rings. The second-order valence-electron chi connectivity index (χ2n) is 6.21. The van der Waals surface area contributed by atoms with Crippen molar-refractivity contribution >= 4 is 17.7 Å². The number of carbonyl (C=O) groups is 1. The van der Waals surface area contributed by atoms with Crippen LogP contribution in [-0.2, 0) is 0 Å². The highest BCUT2D eigenvalue weighted by Crippen LogP contribution is 2.30. The highest BCUT2D eigenvalue weighted by molar-refractivity contribution is 7.99. The van der Waals surface area contributed by atoms with Crippen LogP contribution < -0.4 is 10.1 Å². The third-order valence-electron chi connectivity index (χ3n) is 4.17. The van der Waals surface area contributed by atoms with Gasteiger partial charge in [-0.1, -0.05) is 47.7 Å². The Morgan fingerprint density at radius 2 is 1.89 bits per heavy atom. The molecule has 1 N–H and O–H groups in total. The van der Waals surface area contributed by atoms with Crippen LogP contribution in [0.5, 0.6) is 5.75 Å². The fraction of sp³-hybridized carbons (Fsp3) is 0.182. The van der Waals surface area contributed by atoms with Gasteiger partial charge in [0.2, 0.25) is 0 Å². The van der Waals surface area contributed by atoms with E-state index >= 15 is 0 Å². The zero-order chi connectivity index (χ0) is 19.2. The summed E-state index contributed by atoms with van der Waals surface area (Å²) in [5, 5.41) is 3.75. The van der Waals surface area contributed by atoms with Crippen molar-refractivity contribution in [3.8, 4) is 5.75 Å². The van der Waals surface area contributed by atoms with Gasteiger partial charge in [0.05, 0.1) is 18.7 Å². The van der Waals surface area contributed by atoms with Crippen LogP contribution in [0, 0.1) is 6.92 Å². The van der Waals surface area contributed by atoms with E-state index in [1.54, 1.807) is 25.4 Å². The molecule has 5 heteroatoms. The Morgan fingerprint density at radius 3 is 2.63 bits per heavy atom. The third-order valence-corrected chi connectivity index (χ3v) is 5.20. The van der Waals surface area contributed by atoms with Crippen molar-refractivity contribution in [3.63, 3.8) is 0 Å². The molecule has 2 aromatic carbocycles. The lowest BCUT2D eigenvalue weighted by Gasteiger charge is -2.18. The lowest BCUT2D eigenvalue weighted by Crippen LogP contribution is -2.27. The van der Waals surface area contributed by atoms with E-state index in [-0.39, 0.29) is 11.9 Å². The topological polar surface area (TPSA) is 51.2 Å². The summed E-state index contributed by atoms with van der Waals surface area (Å²) in [6.45, 7) is 3.97. The molecule has 0 saturated heterocycles. The van der Waals surface area contributed by atoms with Gasteiger partial charge in [0.1, 0.15) is 10.8 Å². The molecular formula is C22H22N2O2S. The van der Waals surface area contributed by atoms with E-state index in [1.165, 1.54) is 11.8 Å². The van der Waals surface area contributed by atoms with E-state index in [2.05, 4.69) is 10.3 Å². The van der Waals surface area contributed by atoms with Crippen molar-refractivity contribution in [1.29, 1.82) is 0 Å². The van der Waals surface area contributed by atoms with Crippen LogP contribution in [-0.4, -0.2) is 18.0 Å². The first-order chi connectivity index (χ1) is 13.1. The minimum atomic E-state index is -0.192. The number of ether oxygens (including phenoxy) is 1. The number of hydrogen-bond acceptors (Lipinski definition) is 4. The zero-order valence-electron chi connectivity index (χ0n) is 15.6. The largest absolute Gasteiger partial charge is 0.496 e. The van der Waals surface area contributed by atoms with Crippen LogP contribution in [0.15, 0.2) is 76.8 Å². The van der Waals surface area contributed by atoms with Crippen LogP contribution in [0.1, 0.15) is 34.5 Å². The van der Waals surface area contributed by atoms with Gasteiger partial charge in [0.15, 0.2) is 0 Å². The lowest BCUT2D eigenvalue weighted by atomic mass is 10.0. The van der Waals surface area contributed by atoms with Crippen molar-refractivity contribution in [1.82, 2.24) is 10.3 Å². The molecule has 0 radical (unpaired) electrons. The molecule has 1 amide bonds. The average molecular weight is 378 g/mol. The summed E-state index contributed by atoms with van der Waals surface area (Å²) < 4.78 is 5.44.